The van der Waals surface area contributed by atoms with Gasteiger partial charge >= 0.3 is 6.03 Å². The highest BCUT2D eigenvalue weighted by molar-refractivity contribution is 7.88. The highest BCUT2D eigenvalue weighted by atomic mass is 32.2. The number of aromatic nitrogens is 2. The Bertz CT molecular complexity index is 543. The average molecular weight is 273 g/mol. The Hall–Kier alpha value is -1.41. The highest BCUT2D eigenvalue weighted by Crippen LogP contribution is 2.07. The molecule has 0 spiro atoms. The molecule has 7 nitrogen and oxygen atoms in total. The van der Waals surface area contributed by atoms with E-state index < -0.39 is 10.0 Å². The Morgan fingerprint density at radius 3 is 2.28 bits per heavy atom. The summed E-state index contributed by atoms with van der Waals surface area (Å²) in [7, 11) is -1.31. The molecule has 0 bridgehead atoms. The zero-order valence-electron chi connectivity index (χ0n) is 10.5. The number of piperazine rings is 1. The molecule has 2 rings (SSSR count). The van der Waals surface area contributed by atoms with Crippen molar-refractivity contribution >= 4 is 16.1 Å². The molecule has 0 N–H and O–H groups in total. The summed E-state index contributed by atoms with van der Waals surface area (Å²) < 4.78 is 27.4. The predicted molar refractivity (Wildman–Crippen MR) is 64.4 cm³/mol. The molecular weight excluding hydrogens is 256 g/mol. The summed E-state index contributed by atoms with van der Waals surface area (Å²) in [4.78, 5) is 13.7. The van der Waals surface area contributed by atoms with Crippen molar-refractivity contribution in [2.45, 2.75) is 0 Å². The van der Waals surface area contributed by atoms with Gasteiger partial charge in [0.05, 0.1) is 13.3 Å². The second-order valence-electron chi connectivity index (χ2n) is 4.42. The van der Waals surface area contributed by atoms with Gasteiger partial charge in [0.1, 0.15) is 12.4 Å². The Balaban J connectivity index is 2.00. The number of hydrogen-bond donors (Lipinski definition) is 0. The highest BCUT2D eigenvalue weighted by Gasteiger charge is 2.28. The van der Waals surface area contributed by atoms with Gasteiger partial charge in [-0.3, -0.25) is 0 Å². The summed E-state index contributed by atoms with van der Waals surface area (Å²) in [6.07, 6.45) is 6.34. The molecule has 0 unspecified atom stereocenters. The standard InChI is InChI=1S/C10H17N4O3S/c1-11-3-4-13(9-11)10(15)12-5-7-14(8-6-12)18(2,16)17/h3-4,9H,5-8H2,1-2H3/q+1. The number of imidazole rings is 1. The quantitative estimate of drug-likeness (QED) is 0.607. The maximum absolute atomic E-state index is 12.1. The molecular formula is C10H17N4O3S+. The van der Waals surface area contributed by atoms with Gasteiger partial charge in [-0.05, 0) is 0 Å². The number of rotatable bonds is 1. The van der Waals surface area contributed by atoms with Crippen LogP contribution in [0.1, 0.15) is 0 Å². The van der Waals surface area contributed by atoms with E-state index in [9.17, 15) is 13.2 Å². The van der Waals surface area contributed by atoms with Crippen LogP contribution in [-0.2, 0) is 17.1 Å². The van der Waals surface area contributed by atoms with Crippen LogP contribution in [0, 0.1) is 0 Å². The van der Waals surface area contributed by atoms with Gasteiger partial charge in [-0.15, -0.1) is 0 Å². The Labute approximate surface area is 106 Å². The number of aryl methyl sites for hydroxylation is 1. The average Bonchev–Trinajstić information content (AvgIpc) is 2.74. The second kappa shape index (κ2) is 4.69. The van der Waals surface area contributed by atoms with Crippen LogP contribution in [0.4, 0.5) is 4.79 Å². The lowest BCUT2D eigenvalue weighted by molar-refractivity contribution is -0.670. The van der Waals surface area contributed by atoms with Crippen molar-refractivity contribution in [3.8, 4) is 0 Å². The molecule has 8 heteroatoms. The molecule has 1 aliphatic heterocycles. The fourth-order valence-electron chi connectivity index (χ4n) is 1.94. The molecule has 18 heavy (non-hydrogen) atoms. The van der Waals surface area contributed by atoms with Gasteiger partial charge in [-0.1, -0.05) is 0 Å². The first-order chi connectivity index (χ1) is 8.38. The van der Waals surface area contributed by atoms with E-state index in [1.54, 1.807) is 28.2 Å². The van der Waals surface area contributed by atoms with Crippen LogP contribution in [0.15, 0.2) is 18.7 Å². The minimum Gasteiger partial charge on any atom is -0.302 e. The van der Waals surface area contributed by atoms with Crippen molar-refractivity contribution in [2.24, 2.45) is 7.05 Å². The summed E-state index contributed by atoms with van der Waals surface area (Å²) in [5, 5.41) is 0. The van der Waals surface area contributed by atoms with Crippen molar-refractivity contribution in [1.29, 1.82) is 0 Å². The van der Waals surface area contributed by atoms with Gasteiger partial charge in [0.15, 0.2) is 0 Å². The summed E-state index contributed by atoms with van der Waals surface area (Å²) >= 11 is 0. The topological polar surface area (TPSA) is 66.5 Å². The Morgan fingerprint density at radius 1 is 1.22 bits per heavy atom. The molecule has 1 aliphatic rings. The minimum absolute atomic E-state index is 0.122. The van der Waals surface area contributed by atoms with E-state index in [1.807, 2.05) is 7.05 Å². The van der Waals surface area contributed by atoms with Crippen molar-refractivity contribution in [3.05, 3.63) is 18.7 Å². The fourth-order valence-corrected chi connectivity index (χ4v) is 2.76. The Morgan fingerprint density at radius 2 is 1.83 bits per heavy atom. The third-order valence-electron chi connectivity index (χ3n) is 2.97. The first-order valence-corrected chi connectivity index (χ1v) is 7.50. The summed E-state index contributed by atoms with van der Waals surface area (Å²) in [6.45, 7) is 1.57. The third-order valence-corrected chi connectivity index (χ3v) is 4.27. The predicted octanol–water partition coefficient (Wildman–Crippen LogP) is -1.14. The van der Waals surface area contributed by atoms with Gasteiger partial charge < -0.3 is 4.90 Å². The van der Waals surface area contributed by atoms with Gasteiger partial charge in [-0.2, -0.15) is 8.87 Å². The summed E-state index contributed by atoms with van der Waals surface area (Å²) in [5.74, 6) is 0. The molecule has 0 atom stereocenters. The molecule has 0 radical (unpaired) electrons. The van der Waals surface area contributed by atoms with E-state index in [-0.39, 0.29) is 6.03 Å². The van der Waals surface area contributed by atoms with Crippen LogP contribution >= 0.6 is 0 Å². The van der Waals surface area contributed by atoms with Gasteiger partial charge in [0.25, 0.3) is 6.33 Å². The van der Waals surface area contributed by atoms with Crippen molar-refractivity contribution in [2.75, 3.05) is 32.4 Å². The van der Waals surface area contributed by atoms with Crippen molar-refractivity contribution in [3.63, 3.8) is 0 Å². The molecule has 0 aromatic carbocycles. The number of carbonyl (C=O) groups is 1. The van der Waals surface area contributed by atoms with E-state index in [1.165, 1.54) is 15.1 Å². The normalized spacial score (nSPS) is 18.0. The van der Waals surface area contributed by atoms with Gasteiger partial charge in [-0.25, -0.2) is 17.8 Å². The van der Waals surface area contributed by atoms with Crippen LogP contribution in [0.2, 0.25) is 0 Å². The first-order valence-electron chi connectivity index (χ1n) is 5.65. The zero-order chi connectivity index (χ0) is 13.3. The van der Waals surface area contributed by atoms with Crippen LogP contribution in [0.25, 0.3) is 0 Å². The van der Waals surface area contributed by atoms with E-state index in [4.69, 9.17) is 0 Å². The van der Waals surface area contributed by atoms with Crippen LogP contribution in [-0.4, -0.2) is 60.7 Å². The molecule has 1 aromatic rings. The largest absolute Gasteiger partial charge is 0.415 e. The number of sulfonamides is 1. The SMILES string of the molecule is C[n+]1ccn(C(=O)N2CCN(S(C)(=O)=O)CC2)c1. The fraction of sp³-hybridized carbons (Fsp3) is 0.600. The molecule has 1 aromatic heterocycles. The smallest absolute Gasteiger partial charge is 0.302 e. The van der Waals surface area contributed by atoms with Crippen LogP contribution in [0.3, 0.4) is 0 Å². The molecule has 0 aliphatic carbocycles. The van der Waals surface area contributed by atoms with E-state index in [2.05, 4.69) is 0 Å². The summed E-state index contributed by atoms with van der Waals surface area (Å²) in [6, 6.07) is -0.122. The lowest BCUT2D eigenvalue weighted by Gasteiger charge is -2.31. The molecule has 1 amide bonds. The van der Waals surface area contributed by atoms with Crippen LogP contribution in [0.5, 0.6) is 0 Å². The van der Waals surface area contributed by atoms with E-state index in [0.29, 0.717) is 26.2 Å². The van der Waals surface area contributed by atoms with Crippen LogP contribution < -0.4 is 4.57 Å². The number of hydrogen-bond acceptors (Lipinski definition) is 3. The van der Waals surface area contributed by atoms with Crippen molar-refractivity contribution in [1.82, 2.24) is 13.8 Å². The van der Waals surface area contributed by atoms with Gasteiger partial charge in [0.2, 0.25) is 10.0 Å². The van der Waals surface area contributed by atoms with Crippen molar-refractivity contribution < 1.29 is 17.8 Å². The monoisotopic (exact) mass is 273 g/mol. The minimum atomic E-state index is -3.15. The first kappa shape index (κ1) is 13.0. The number of nitrogens with zero attached hydrogens (tertiary/aromatic N) is 4. The van der Waals surface area contributed by atoms with E-state index >= 15 is 0 Å². The molecule has 1 fully saturated rings. The molecule has 0 saturated carbocycles. The van der Waals surface area contributed by atoms with E-state index in [0.717, 1.165) is 0 Å². The Kier molecular flexibility index (Phi) is 3.40. The molecule has 1 saturated heterocycles. The lowest BCUT2D eigenvalue weighted by Crippen LogP contribution is -2.51. The maximum Gasteiger partial charge on any atom is 0.415 e. The second-order valence-corrected chi connectivity index (χ2v) is 6.40. The van der Waals surface area contributed by atoms with Gasteiger partial charge in [0, 0.05) is 26.2 Å². The maximum atomic E-state index is 12.1. The number of amides is 1. The molecule has 100 valence electrons. The summed E-state index contributed by atoms with van der Waals surface area (Å²) in [5.41, 5.74) is 0. The zero-order valence-corrected chi connectivity index (χ0v) is 11.3. The number of carbonyl (C=O) groups excluding carboxylic acids is 1. The lowest BCUT2D eigenvalue weighted by atomic mass is 10.4. The molecule has 2 heterocycles. The third kappa shape index (κ3) is 2.70.